The van der Waals surface area contributed by atoms with Crippen molar-refractivity contribution in [3.63, 3.8) is 0 Å². The summed E-state index contributed by atoms with van der Waals surface area (Å²) in [4.78, 5) is 11.7. The predicted octanol–water partition coefficient (Wildman–Crippen LogP) is 0.356. The van der Waals surface area contributed by atoms with Crippen LogP contribution in [0.5, 0.6) is 0 Å². The van der Waals surface area contributed by atoms with Crippen molar-refractivity contribution in [2.45, 2.75) is 38.0 Å². The molecule has 1 fully saturated rings. The number of nitrogens with zero attached hydrogens (tertiary/aromatic N) is 2. The molecule has 1 aliphatic carbocycles. The quantitative estimate of drug-likeness (QED) is 0.818. The number of primary amides is 1. The molecule has 0 spiro atoms. The highest BCUT2D eigenvalue weighted by atomic mass is 19.3. The summed E-state index contributed by atoms with van der Waals surface area (Å²) in [5.74, 6) is -0.562. The van der Waals surface area contributed by atoms with Crippen LogP contribution in [0.15, 0.2) is 0 Å². The van der Waals surface area contributed by atoms with Crippen LogP contribution in [0, 0.1) is 0 Å². The van der Waals surface area contributed by atoms with Gasteiger partial charge in [0, 0.05) is 18.5 Å². The Morgan fingerprint density at radius 3 is 2.90 bits per heavy atom. The molecule has 0 saturated heterocycles. The van der Waals surface area contributed by atoms with Gasteiger partial charge in [-0.05, 0) is 12.8 Å². The minimum atomic E-state index is -2.82. The van der Waals surface area contributed by atoms with Crippen LogP contribution in [0.25, 0.3) is 0 Å². The maximum absolute atomic E-state index is 12.2. The first-order chi connectivity index (χ1) is 9.53. The van der Waals surface area contributed by atoms with Crippen LogP contribution < -0.4 is 11.1 Å². The van der Waals surface area contributed by atoms with Crippen molar-refractivity contribution in [1.82, 2.24) is 15.1 Å². The number of hydrogen-bond donors (Lipinski definition) is 2. The molecular formula is C12H16F2N4O2. The zero-order valence-corrected chi connectivity index (χ0v) is 10.9. The van der Waals surface area contributed by atoms with E-state index in [4.69, 9.17) is 5.73 Å². The van der Waals surface area contributed by atoms with E-state index >= 15 is 0 Å². The van der Waals surface area contributed by atoms with Crippen molar-refractivity contribution >= 4 is 5.91 Å². The van der Waals surface area contributed by atoms with Gasteiger partial charge in [0.25, 0.3) is 5.91 Å². The van der Waals surface area contributed by atoms with E-state index < -0.39 is 17.9 Å². The molecule has 0 unspecified atom stereocenters. The van der Waals surface area contributed by atoms with Crippen molar-refractivity contribution in [2.24, 2.45) is 5.73 Å². The summed E-state index contributed by atoms with van der Waals surface area (Å²) in [6.45, 7) is -1.04. The van der Waals surface area contributed by atoms with Gasteiger partial charge >= 0.3 is 6.61 Å². The fourth-order valence-corrected chi connectivity index (χ4v) is 2.71. The monoisotopic (exact) mass is 286 g/mol. The lowest BCUT2D eigenvalue weighted by molar-refractivity contribution is -0.135. The summed E-state index contributed by atoms with van der Waals surface area (Å²) in [5, 5.41) is 7.59. The van der Waals surface area contributed by atoms with E-state index in [0.717, 1.165) is 12.2 Å². The number of amides is 1. The minimum Gasteiger partial charge on any atom is -0.365 e. The first kappa shape index (κ1) is 13.4. The van der Waals surface area contributed by atoms with Gasteiger partial charge in [0.2, 0.25) is 0 Å². The molecule has 2 aliphatic rings. The SMILES string of the molecule is NC(=O)c1c(C2(COC(F)F)CC2)nn2c1CNCC2. The summed E-state index contributed by atoms with van der Waals surface area (Å²) >= 11 is 0. The molecule has 6 nitrogen and oxygen atoms in total. The van der Waals surface area contributed by atoms with Gasteiger partial charge in [-0.1, -0.05) is 0 Å². The molecule has 1 aromatic heterocycles. The highest BCUT2D eigenvalue weighted by molar-refractivity contribution is 5.95. The number of nitrogens with one attached hydrogen (secondary N) is 1. The number of rotatable bonds is 5. The van der Waals surface area contributed by atoms with Gasteiger partial charge in [-0.25, -0.2) is 0 Å². The number of aromatic nitrogens is 2. The Kier molecular flexibility index (Phi) is 3.21. The topological polar surface area (TPSA) is 82.2 Å². The zero-order valence-electron chi connectivity index (χ0n) is 10.9. The molecule has 1 aromatic rings. The molecule has 8 heteroatoms. The van der Waals surface area contributed by atoms with E-state index in [1.165, 1.54) is 0 Å². The third-order valence-corrected chi connectivity index (χ3v) is 3.94. The van der Waals surface area contributed by atoms with Crippen LogP contribution >= 0.6 is 0 Å². The van der Waals surface area contributed by atoms with Crippen LogP contribution in [0.1, 0.15) is 34.6 Å². The lowest BCUT2D eigenvalue weighted by Gasteiger charge is -2.15. The van der Waals surface area contributed by atoms with Crippen LogP contribution in [-0.2, 0) is 23.2 Å². The number of nitrogens with two attached hydrogens (primary N) is 1. The second-order valence-electron chi connectivity index (χ2n) is 5.29. The fourth-order valence-electron chi connectivity index (χ4n) is 2.71. The molecule has 0 aromatic carbocycles. The molecule has 20 heavy (non-hydrogen) atoms. The highest BCUT2D eigenvalue weighted by Crippen LogP contribution is 2.49. The number of hydrogen-bond acceptors (Lipinski definition) is 4. The normalized spacial score (nSPS) is 19.9. The summed E-state index contributed by atoms with van der Waals surface area (Å²) in [5.41, 5.74) is 6.50. The van der Waals surface area contributed by atoms with Crippen molar-refractivity contribution < 1.29 is 18.3 Å². The average molecular weight is 286 g/mol. The number of halogens is 2. The van der Waals surface area contributed by atoms with E-state index in [1.807, 2.05) is 0 Å². The summed E-state index contributed by atoms with van der Waals surface area (Å²) in [6.07, 6.45) is 1.37. The Balaban J connectivity index is 1.97. The number of alkyl halides is 2. The van der Waals surface area contributed by atoms with Crippen LogP contribution in [0.2, 0.25) is 0 Å². The Morgan fingerprint density at radius 2 is 2.30 bits per heavy atom. The molecule has 3 N–H and O–H groups in total. The lowest BCUT2D eigenvalue weighted by atomic mass is 9.97. The zero-order chi connectivity index (χ0) is 14.3. The van der Waals surface area contributed by atoms with E-state index in [-0.39, 0.29) is 6.61 Å². The maximum atomic E-state index is 12.2. The van der Waals surface area contributed by atoms with Crippen LogP contribution in [0.3, 0.4) is 0 Å². The largest absolute Gasteiger partial charge is 0.365 e. The molecule has 110 valence electrons. The first-order valence-corrected chi connectivity index (χ1v) is 6.54. The summed E-state index contributed by atoms with van der Waals surface area (Å²) < 4.78 is 30.7. The first-order valence-electron chi connectivity index (χ1n) is 6.54. The van der Waals surface area contributed by atoms with E-state index in [9.17, 15) is 13.6 Å². The second-order valence-corrected chi connectivity index (χ2v) is 5.29. The molecule has 0 atom stereocenters. The van der Waals surface area contributed by atoms with Gasteiger partial charge in [0.15, 0.2) is 0 Å². The maximum Gasteiger partial charge on any atom is 0.345 e. The van der Waals surface area contributed by atoms with Gasteiger partial charge in [-0.2, -0.15) is 13.9 Å². The Bertz CT molecular complexity index is 540. The Labute approximate surface area is 114 Å². The molecule has 0 radical (unpaired) electrons. The Morgan fingerprint density at radius 1 is 1.55 bits per heavy atom. The summed E-state index contributed by atoms with van der Waals surface area (Å²) in [6, 6.07) is 0. The highest BCUT2D eigenvalue weighted by Gasteiger charge is 2.50. The average Bonchev–Trinajstić information content (AvgIpc) is 3.09. The lowest BCUT2D eigenvalue weighted by Crippen LogP contribution is -2.30. The van der Waals surface area contributed by atoms with E-state index in [2.05, 4.69) is 15.2 Å². The van der Waals surface area contributed by atoms with Gasteiger partial charge in [0.05, 0.1) is 30.1 Å². The van der Waals surface area contributed by atoms with Crippen LogP contribution in [0.4, 0.5) is 8.78 Å². The number of ether oxygens (including phenoxy) is 1. The van der Waals surface area contributed by atoms with Crippen molar-refractivity contribution in [2.75, 3.05) is 13.2 Å². The predicted molar refractivity (Wildman–Crippen MR) is 65.3 cm³/mol. The molecule has 0 bridgehead atoms. The second kappa shape index (κ2) is 4.78. The van der Waals surface area contributed by atoms with Crippen molar-refractivity contribution in [3.8, 4) is 0 Å². The molecule has 1 aliphatic heterocycles. The molecular weight excluding hydrogens is 270 g/mol. The van der Waals surface area contributed by atoms with Gasteiger partial charge in [-0.15, -0.1) is 0 Å². The Hall–Kier alpha value is -1.54. The van der Waals surface area contributed by atoms with Gasteiger partial charge < -0.3 is 15.8 Å². The van der Waals surface area contributed by atoms with Gasteiger partial charge in [-0.3, -0.25) is 9.48 Å². The standard InChI is InChI=1S/C12H16F2N4O2/c13-11(14)20-6-12(1-2-12)9-8(10(15)19)7-5-16-3-4-18(7)17-9/h11,16H,1-6H2,(H2,15,19). The summed E-state index contributed by atoms with van der Waals surface area (Å²) in [7, 11) is 0. The van der Waals surface area contributed by atoms with Crippen LogP contribution in [-0.4, -0.2) is 35.5 Å². The smallest absolute Gasteiger partial charge is 0.345 e. The number of carbonyl (C=O) groups is 1. The van der Waals surface area contributed by atoms with E-state index in [0.29, 0.717) is 37.2 Å². The molecule has 2 heterocycles. The van der Waals surface area contributed by atoms with Crippen molar-refractivity contribution in [1.29, 1.82) is 0 Å². The third-order valence-electron chi connectivity index (χ3n) is 3.94. The third kappa shape index (κ3) is 2.18. The van der Waals surface area contributed by atoms with Gasteiger partial charge in [0.1, 0.15) is 0 Å². The number of fused-ring (bicyclic) bond motifs is 1. The molecule has 3 rings (SSSR count). The number of carbonyl (C=O) groups excluding carboxylic acids is 1. The fraction of sp³-hybridized carbons (Fsp3) is 0.667. The molecule has 1 saturated carbocycles. The minimum absolute atomic E-state index is 0.130. The molecule has 1 amide bonds. The van der Waals surface area contributed by atoms with Crippen molar-refractivity contribution in [3.05, 3.63) is 17.0 Å². The van der Waals surface area contributed by atoms with E-state index in [1.54, 1.807) is 4.68 Å².